The molecule has 0 saturated carbocycles. The van der Waals surface area contributed by atoms with E-state index in [1.807, 2.05) is 0 Å². The summed E-state index contributed by atoms with van der Waals surface area (Å²) in [5.74, 6) is 0. The number of azide groups is 1. The molecule has 19 nitrogen and oxygen atoms in total. The molecular weight excluding hydrogens is 559 g/mol. The molecule has 0 aliphatic carbocycles. The van der Waals surface area contributed by atoms with Gasteiger partial charge < -0.3 is 39.7 Å². The molecule has 0 spiro atoms. The number of nitrogens with zero attached hydrogens (tertiary/aromatic N) is 4. The van der Waals surface area contributed by atoms with E-state index in [9.17, 15) is 44.4 Å². The first kappa shape index (κ1) is 30.8. The Balaban J connectivity index is 1.65. The summed E-state index contributed by atoms with van der Waals surface area (Å²) in [5, 5.41) is 42.1. The van der Waals surface area contributed by atoms with Crippen LogP contribution >= 0.6 is 15.6 Å². The van der Waals surface area contributed by atoms with Gasteiger partial charge in [-0.05, 0) is 12.5 Å². The predicted octanol–water partition coefficient (Wildman–Crippen LogP) is -3.03. The fourth-order valence-electron chi connectivity index (χ4n) is 3.67. The van der Waals surface area contributed by atoms with Crippen LogP contribution in [-0.4, -0.2) is 98.5 Å². The number of phosphoric acid groups is 1. The molecule has 2 fully saturated rings. The number of H-pyrrole nitrogens is 1. The molecule has 0 aromatic carbocycles. The van der Waals surface area contributed by atoms with Crippen LogP contribution in [0, 0.1) is 6.92 Å². The number of aliphatic hydroxyl groups is 4. The molecule has 2 radical (unpaired) electrons. The normalized spacial score (nSPS) is 34.7. The quantitative estimate of drug-likeness (QED) is 0.0525. The standard InChI is InChI=1S/C16H24BN5O14P2/c1-6-3-22(16(28)19-14(6)27)10-2-7(20-21-18)9(33-10)5-32-37(17,29)36-38(30,31)35-15-13(26)12(25)11(24)8(4-23)34-15/h3,7-13,15,23-26H,2,4-5H2,1H3,(H,30,31)(H,19,27,28)/t7-,8+,9+,10+,11+,12-,13+,15+,37?/m0/s1. The Morgan fingerprint density at radius 2 is 2.00 bits per heavy atom. The molecule has 2 saturated heterocycles. The zero-order valence-electron chi connectivity index (χ0n) is 19.5. The van der Waals surface area contributed by atoms with Crippen LogP contribution < -0.4 is 16.1 Å². The lowest BCUT2D eigenvalue weighted by molar-refractivity contribution is -0.281. The van der Waals surface area contributed by atoms with E-state index < -0.39 is 89.2 Å². The van der Waals surface area contributed by atoms with Gasteiger partial charge in [-0.3, -0.25) is 18.9 Å². The van der Waals surface area contributed by atoms with Gasteiger partial charge in [0.15, 0.2) is 14.1 Å². The van der Waals surface area contributed by atoms with Crippen molar-refractivity contribution in [3.8, 4) is 0 Å². The molecule has 2 unspecified atom stereocenters. The lowest BCUT2D eigenvalue weighted by atomic mass is 10.00. The minimum Gasteiger partial charge on any atom is -0.646 e. The van der Waals surface area contributed by atoms with Crippen molar-refractivity contribution < 1.29 is 57.6 Å². The Bertz CT molecular complexity index is 1210. The molecule has 38 heavy (non-hydrogen) atoms. The minimum atomic E-state index is -5.44. The first-order valence-electron chi connectivity index (χ1n) is 10.8. The number of aryl methyl sites for hydroxylation is 1. The van der Waals surface area contributed by atoms with Crippen molar-refractivity contribution in [2.45, 2.75) is 62.4 Å². The van der Waals surface area contributed by atoms with E-state index in [0.717, 1.165) is 4.57 Å². The number of hydrogen-bond acceptors (Lipinski definition) is 14. The van der Waals surface area contributed by atoms with E-state index in [0.29, 0.717) is 0 Å². The Morgan fingerprint density at radius 3 is 2.63 bits per heavy atom. The van der Waals surface area contributed by atoms with Crippen LogP contribution in [0.2, 0.25) is 0 Å². The third kappa shape index (κ3) is 7.27. The predicted molar refractivity (Wildman–Crippen MR) is 122 cm³/mol. The summed E-state index contributed by atoms with van der Waals surface area (Å²) in [6, 6.07) is -0.990. The van der Waals surface area contributed by atoms with Crippen LogP contribution in [0.1, 0.15) is 18.2 Å². The van der Waals surface area contributed by atoms with Crippen molar-refractivity contribution >= 4 is 23.2 Å². The second-order valence-electron chi connectivity index (χ2n) is 8.30. The molecule has 22 heteroatoms. The first-order chi connectivity index (χ1) is 17.7. The van der Waals surface area contributed by atoms with Crippen molar-refractivity contribution in [2.75, 3.05) is 13.2 Å². The topological polar surface area (TPSA) is 291 Å². The van der Waals surface area contributed by atoms with Crippen LogP contribution in [0.3, 0.4) is 0 Å². The van der Waals surface area contributed by atoms with Gasteiger partial charge in [0.2, 0.25) is 0 Å². The zero-order chi connectivity index (χ0) is 28.4. The number of rotatable bonds is 10. The van der Waals surface area contributed by atoms with E-state index in [4.69, 9.17) is 27.1 Å². The summed E-state index contributed by atoms with van der Waals surface area (Å²) in [5.41, 5.74) is 7.60. The highest BCUT2D eigenvalue weighted by atomic mass is 31.3. The molecule has 10 atom stereocenters. The second kappa shape index (κ2) is 12.2. The summed E-state index contributed by atoms with van der Waals surface area (Å²) in [6.45, 7) is -0.152. The molecule has 0 amide bonds. The Kier molecular flexibility index (Phi) is 9.89. The Morgan fingerprint density at radius 1 is 1.32 bits per heavy atom. The van der Waals surface area contributed by atoms with Crippen molar-refractivity contribution in [3.05, 3.63) is 43.0 Å². The largest absolute Gasteiger partial charge is 0.646 e. The number of aromatic amines is 1. The molecule has 3 rings (SSSR count). The maximum absolute atomic E-state index is 12.5. The lowest BCUT2D eigenvalue weighted by Gasteiger charge is -2.39. The fraction of sp³-hybridized carbons (Fsp3) is 0.750. The van der Waals surface area contributed by atoms with Crippen molar-refractivity contribution in [3.63, 3.8) is 0 Å². The van der Waals surface area contributed by atoms with Crippen LogP contribution in [0.15, 0.2) is 20.9 Å². The average Bonchev–Trinajstić information content (AvgIpc) is 3.22. The van der Waals surface area contributed by atoms with Gasteiger partial charge in [0.25, 0.3) is 5.56 Å². The molecular formula is C16H24BN5O14P2. The van der Waals surface area contributed by atoms with E-state index in [1.165, 1.54) is 13.1 Å². The maximum atomic E-state index is 12.5. The van der Waals surface area contributed by atoms with Crippen LogP contribution in [0.25, 0.3) is 10.4 Å². The molecule has 2 aliphatic rings. The first-order valence-corrected chi connectivity index (χ1v) is 13.9. The third-order valence-electron chi connectivity index (χ3n) is 5.58. The number of hydrogen-bond donors (Lipinski definition) is 6. The zero-order valence-corrected chi connectivity index (χ0v) is 21.3. The van der Waals surface area contributed by atoms with Gasteiger partial charge in [0, 0.05) is 23.1 Å². The average molecular weight is 583 g/mol. The number of aromatic nitrogens is 2. The summed E-state index contributed by atoms with van der Waals surface area (Å²) < 4.78 is 37.7. The van der Waals surface area contributed by atoms with E-state index in [-0.39, 0.29) is 12.0 Å². The van der Waals surface area contributed by atoms with Crippen LogP contribution in [0.4, 0.5) is 0 Å². The molecule has 1 aromatic rings. The minimum absolute atomic E-state index is 0.0715. The van der Waals surface area contributed by atoms with E-state index in [1.54, 1.807) is 0 Å². The van der Waals surface area contributed by atoms with Gasteiger partial charge in [-0.25, -0.2) is 13.9 Å². The number of ether oxygens (including phenoxy) is 2. The van der Waals surface area contributed by atoms with E-state index in [2.05, 4.69) is 23.8 Å². The molecule has 6 N–H and O–H groups in total. The second-order valence-corrected chi connectivity index (χ2v) is 11.4. The Labute approximate surface area is 214 Å². The summed E-state index contributed by atoms with van der Waals surface area (Å²) in [4.78, 5) is 51.0. The summed E-state index contributed by atoms with van der Waals surface area (Å²) in [6.07, 6.45) is -10.5. The van der Waals surface area contributed by atoms with Gasteiger partial charge >= 0.3 is 21.1 Å². The van der Waals surface area contributed by atoms with Gasteiger partial charge in [-0.15, -0.1) is 4.31 Å². The molecule has 0 bridgehead atoms. The lowest BCUT2D eigenvalue weighted by Crippen LogP contribution is -2.58. The fourth-order valence-corrected chi connectivity index (χ4v) is 5.96. The highest BCUT2D eigenvalue weighted by Crippen LogP contribution is 2.63. The van der Waals surface area contributed by atoms with Gasteiger partial charge in [0.1, 0.15) is 37.3 Å². The van der Waals surface area contributed by atoms with Crippen molar-refractivity contribution in [2.24, 2.45) is 5.11 Å². The highest BCUT2D eigenvalue weighted by Gasteiger charge is 2.49. The summed E-state index contributed by atoms with van der Waals surface area (Å²) in [7, 11) is -5.01. The monoisotopic (exact) mass is 583 g/mol. The number of aliphatic hydroxyl groups excluding tert-OH is 4. The van der Waals surface area contributed by atoms with Gasteiger partial charge in [-0.2, -0.15) is 0 Å². The SMILES string of the molecule is [B][P+]([O-])(OC[C@H]1O[C@@H](n2cc(C)c(=O)[nH]c2=O)C[C@@H]1N=[N+]=[N-])OP(=O)(O)O[C@H]1O[C@H](CO)[C@@H](O)[C@H](O)[C@H]1O. The van der Waals surface area contributed by atoms with Gasteiger partial charge in [-0.1, -0.05) is 5.11 Å². The Hall–Kier alpha value is -1.73. The highest BCUT2D eigenvalue weighted by molar-refractivity contribution is 7.87. The summed E-state index contributed by atoms with van der Waals surface area (Å²) >= 11 is 0. The molecule has 3 heterocycles. The van der Waals surface area contributed by atoms with Crippen molar-refractivity contribution in [1.29, 1.82) is 0 Å². The van der Waals surface area contributed by atoms with Crippen LogP contribution in [-0.2, 0) is 27.4 Å². The van der Waals surface area contributed by atoms with E-state index >= 15 is 0 Å². The van der Waals surface area contributed by atoms with Gasteiger partial charge in [0.05, 0.1) is 18.8 Å². The number of nitrogens with one attached hydrogen (secondary N) is 1. The maximum Gasteiger partial charge on any atom is 0.508 e. The van der Waals surface area contributed by atoms with Crippen LogP contribution in [0.5, 0.6) is 0 Å². The smallest absolute Gasteiger partial charge is 0.508 e. The third-order valence-corrected chi connectivity index (χ3v) is 8.30. The molecule has 210 valence electrons. The molecule has 2 aliphatic heterocycles. The van der Waals surface area contributed by atoms with Crippen molar-refractivity contribution in [1.82, 2.24) is 9.55 Å². The number of phosphoric ester groups is 1. The molecule has 1 aromatic heterocycles.